The number of rotatable bonds is 6. The van der Waals surface area contributed by atoms with Crippen LogP contribution in [0.2, 0.25) is 0 Å². The fourth-order valence-corrected chi connectivity index (χ4v) is 5.22. The summed E-state index contributed by atoms with van der Waals surface area (Å²) in [5.41, 5.74) is 2.36. The van der Waals surface area contributed by atoms with Crippen LogP contribution in [0.4, 0.5) is 5.69 Å². The van der Waals surface area contributed by atoms with Gasteiger partial charge in [0.2, 0.25) is 15.9 Å². The van der Waals surface area contributed by atoms with Crippen LogP contribution < -0.4 is 5.32 Å². The van der Waals surface area contributed by atoms with Crippen LogP contribution in [0, 0.1) is 0 Å². The maximum Gasteiger partial charge on any atom is 0.244 e. The highest BCUT2D eigenvalue weighted by Crippen LogP contribution is 2.22. The lowest BCUT2D eigenvalue weighted by atomic mass is 10.3. The zero-order chi connectivity index (χ0) is 20.4. The molecule has 0 radical (unpaired) electrons. The molecule has 2 heterocycles. The van der Waals surface area contributed by atoms with Crippen LogP contribution in [0.5, 0.6) is 0 Å². The SMILES string of the molecule is CCc1nc2ccccc2n1CC(=O)Nc1ccc(S(=O)(=O)N2CCCC2)cc1. The van der Waals surface area contributed by atoms with Gasteiger partial charge in [-0.2, -0.15) is 4.31 Å². The number of carbonyl (C=O) groups excluding carboxylic acids is 1. The standard InChI is InChI=1S/C21H24N4O3S/c1-2-20-23-18-7-3-4-8-19(18)25(20)15-21(26)22-16-9-11-17(12-10-16)29(27,28)24-13-5-6-14-24/h3-4,7-12H,2,5-6,13-15H2,1H3,(H,22,26). The average Bonchev–Trinajstić information content (AvgIpc) is 3.37. The summed E-state index contributed by atoms with van der Waals surface area (Å²) in [6.45, 7) is 3.30. The van der Waals surface area contributed by atoms with Gasteiger partial charge in [0.05, 0.1) is 15.9 Å². The monoisotopic (exact) mass is 412 g/mol. The second-order valence-corrected chi connectivity index (χ2v) is 9.08. The van der Waals surface area contributed by atoms with E-state index in [-0.39, 0.29) is 17.3 Å². The normalized spacial score (nSPS) is 15.1. The molecule has 152 valence electrons. The highest BCUT2D eigenvalue weighted by Gasteiger charge is 2.27. The quantitative estimate of drug-likeness (QED) is 0.674. The molecule has 1 aromatic heterocycles. The van der Waals surface area contributed by atoms with Gasteiger partial charge in [-0.3, -0.25) is 4.79 Å². The Morgan fingerprint density at radius 3 is 2.45 bits per heavy atom. The van der Waals surface area contributed by atoms with E-state index in [0.29, 0.717) is 18.8 Å². The number of aromatic nitrogens is 2. The number of carbonyl (C=O) groups is 1. The summed E-state index contributed by atoms with van der Waals surface area (Å²) in [4.78, 5) is 17.4. The molecule has 0 aliphatic carbocycles. The van der Waals surface area contributed by atoms with E-state index in [1.807, 2.05) is 35.8 Å². The molecule has 3 aromatic rings. The summed E-state index contributed by atoms with van der Waals surface area (Å²) in [7, 11) is -3.45. The van der Waals surface area contributed by atoms with Gasteiger partial charge < -0.3 is 9.88 Å². The van der Waals surface area contributed by atoms with Gasteiger partial charge in [-0.05, 0) is 49.2 Å². The molecule has 0 bridgehead atoms. The Balaban J connectivity index is 1.48. The Morgan fingerprint density at radius 1 is 1.07 bits per heavy atom. The van der Waals surface area contributed by atoms with Gasteiger partial charge in [-0.25, -0.2) is 13.4 Å². The van der Waals surface area contributed by atoms with E-state index in [1.54, 1.807) is 24.3 Å². The number of nitrogens with one attached hydrogen (secondary N) is 1. The molecular weight excluding hydrogens is 388 g/mol. The van der Waals surface area contributed by atoms with E-state index in [2.05, 4.69) is 10.3 Å². The van der Waals surface area contributed by atoms with Crippen molar-refractivity contribution in [1.82, 2.24) is 13.9 Å². The number of hydrogen-bond donors (Lipinski definition) is 1. The van der Waals surface area contributed by atoms with Gasteiger partial charge in [-0.15, -0.1) is 0 Å². The Morgan fingerprint density at radius 2 is 1.76 bits per heavy atom. The number of nitrogens with zero attached hydrogens (tertiary/aromatic N) is 3. The van der Waals surface area contributed by atoms with Crippen molar-refractivity contribution in [1.29, 1.82) is 0 Å². The van der Waals surface area contributed by atoms with Gasteiger partial charge in [-0.1, -0.05) is 19.1 Å². The second-order valence-electron chi connectivity index (χ2n) is 7.14. The third-order valence-corrected chi connectivity index (χ3v) is 7.11. The topological polar surface area (TPSA) is 84.3 Å². The van der Waals surface area contributed by atoms with Crippen molar-refractivity contribution in [3.05, 3.63) is 54.4 Å². The molecule has 0 saturated carbocycles. The number of para-hydroxylation sites is 2. The molecule has 1 amide bonds. The first-order valence-electron chi connectivity index (χ1n) is 9.83. The van der Waals surface area contributed by atoms with Crippen LogP contribution in [0.3, 0.4) is 0 Å². The highest BCUT2D eigenvalue weighted by molar-refractivity contribution is 7.89. The predicted octanol–water partition coefficient (Wildman–Crippen LogP) is 3.02. The number of benzene rings is 2. The minimum Gasteiger partial charge on any atom is -0.325 e. The minimum atomic E-state index is -3.45. The van der Waals surface area contributed by atoms with E-state index in [9.17, 15) is 13.2 Å². The molecule has 1 aliphatic rings. The van der Waals surface area contributed by atoms with Crippen LogP contribution in [0.25, 0.3) is 11.0 Å². The maximum absolute atomic E-state index is 12.6. The highest BCUT2D eigenvalue weighted by atomic mass is 32.2. The number of fused-ring (bicyclic) bond motifs is 1. The number of aryl methyl sites for hydroxylation is 1. The Hall–Kier alpha value is -2.71. The van der Waals surface area contributed by atoms with Crippen molar-refractivity contribution < 1.29 is 13.2 Å². The van der Waals surface area contributed by atoms with E-state index < -0.39 is 10.0 Å². The number of anilines is 1. The number of imidazole rings is 1. The molecule has 0 spiro atoms. The van der Waals surface area contributed by atoms with Gasteiger partial charge >= 0.3 is 0 Å². The fraction of sp³-hybridized carbons (Fsp3) is 0.333. The maximum atomic E-state index is 12.6. The van der Waals surface area contributed by atoms with Crippen molar-refractivity contribution >= 4 is 32.7 Å². The average molecular weight is 413 g/mol. The first-order valence-corrected chi connectivity index (χ1v) is 11.3. The summed E-state index contributed by atoms with van der Waals surface area (Å²) in [6, 6.07) is 14.1. The van der Waals surface area contributed by atoms with E-state index >= 15 is 0 Å². The van der Waals surface area contributed by atoms with Crippen molar-refractivity contribution in [2.75, 3.05) is 18.4 Å². The molecule has 0 atom stereocenters. The van der Waals surface area contributed by atoms with Gasteiger partial charge in [0.1, 0.15) is 12.4 Å². The van der Waals surface area contributed by atoms with Crippen molar-refractivity contribution in [3.63, 3.8) is 0 Å². The molecule has 0 unspecified atom stereocenters. The predicted molar refractivity (Wildman–Crippen MR) is 112 cm³/mol. The van der Waals surface area contributed by atoms with Gasteiger partial charge in [0.25, 0.3) is 0 Å². The molecule has 2 aromatic carbocycles. The zero-order valence-electron chi connectivity index (χ0n) is 16.3. The molecule has 4 rings (SSSR count). The van der Waals surface area contributed by atoms with Crippen LogP contribution in [0.15, 0.2) is 53.4 Å². The third-order valence-electron chi connectivity index (χ3n) is 5.19. The summed E-state index contributed by atoms with van der Waals surface area (Å²) < 4.78 is 28.6. The lowest BCUT2D eigenvalue weighted by molar-refractivity contribution is -0.116. The van der Waals surface area contributed by atoms with Crippen molar-refractivity contribution in [3.8, 4) is 0 Å². The van der Waals surface area contributed by atoms with E-state index in [0.717, 1.165) is 36.1 Å². The number of hydrogen-bond acceptors (Lipinski definition) is 4. The lowest BCUT2D eigenvalue weighted by Crippen LogP contribution is -2.27. The third kappa shape index (κ3) is 3.90. The zero-order valence-corrected chi connectivity index (χ0v) is 17.2. The van der Waals surface area contributed by atoms with E-state index in [1.165, 1.54) is 4.31 Å². The molecule has 1 saturated heterocycles. The van der Waals surface area contributed by atoms with Crippen LogP contribution >= 0.6 is 0 Å². The first kappa shape index (κ1) is 19.6. The lowest BCUT2D eigenvalue weighted by Gasteiger charge is -2.15. The molecule has 1 fully saturated rings. The molecule has 7 nitrogen and oxygen atoms in total. The first-order chi connectivity index (χ1) is 14.0. The van der Waals surface area contributed by atoms with Gasteiger partial charge in [0.15, 0.2) is 0 Å². The largest absolute Gasteiger partial charge is 0.325 e. The van der Waals surface area contributed by atoms with Crippen LogP contribution in [-0.4, -0.2) is 41.3 Å². The summed E-state index contributed by atoms with van der Waals surface area (Å²) in [5.74, 6) is 0.673. The summed E-state index contributed by atoms with van der Waals surface area (Å²) in [5, 5.41) is 2.85. The molecular formula is C21H24N4O3S. The molecule has 29 heavy (non-hydrogen) atoms. The van der Waals surface area contributed by atoms with Crippen molar-refractivity contribution in [2.45, 2.75) is 37.6 Å². The summed E-state index contributed by atoms with van der Waals surface area (Å²) in [6.07, 6.45) is 2.52. The molecule has 8 heteroatoms. The second kappa shape index (κ2) is 7.96. The number of amides is 1. The van der Waals surface area contributed by atoms with Crippen LogP contribution in [0.1, 0.15) is 25.6 Å². The Labute approximate surface area is 170 Å². The van der Waals surface area contributed by atoms with Crippen LogP contribution in [-0.2, 0) is 27.8 Å². The molecule has 1 N–H and O–H groups in total. The Bertz CT molecular complexity index is 1130. The Kier molecular flexibility index (Phi) is 5.38. The fourth-order valence-electron chi connectivity index (χ4n) is 3.70. The van der Waals surface area contributed by atoms with Gasteiger partial charge in [0, 0.05) is 25.2 Å². The summed E-state index contributed by atoms with van der Waals surface area (Å²) >= 11 is 0. The molecule has 1 aliphatic heterocycles. The van der Waals surface area contributed by atoms with E-state index in [4.69, 9.17) is 0 Å². The minimum absolute atomic E-state index is 0.150. The smallest absolute Gasteiger partial charge is 0.244 e. The van der Waals surface area contributed by atoms with Crippen molar-refractivity contribution in [2.24, 2.45) is 0 Å². The number of sulfonamides is 1.